The molecule has 0 aliphatic heterocycles. The van der Waals surface area contributed by atoms with E-state index in [4.69, 9.17) is 9.47 Å². The molecular formula is C14H17N3O3. The third-order valence-corrected chi connectivity index (χ3v) is 2.95. The van der Waals surface area contributed by atoms with Crippen LogP contribution >= 0.6 is 0 Å². The fourth-order valence-corrected chi connectivity index (χ4v) is 1.86. The van der Waals surface area contributed by atoms with Gasteiger partial charge in [0.1, 0.15) is 0 Å². The quantitative estimate of drug-likeness (QED) is 0.775. The molecular weight excluding hydrogens is 258 g/mol. The van der Waals surface area contributed by atoms with E-state index in [9.17, 15) is 4.79 Å². The molecule has 0 saturated heterocycles. The number of hydrogen-bond donors (Lipinski definition) is 0. The van der Waals surface area contributed by atoms with E-state index in [-0.39, 0.29) is 12.3 Å². The largest absolute Gasteiger partial charge is 0.464 e. The van der Waals surface area contributed by atoms with E-state index in [1.54, 1.807) is 11.8 Å². The van der Waals surface area contributed by atoms with Crippen molar-refractivity contribution in [2.24, 2.45) is 0 Å². The lowest BCUT2D eigenvalue weighted by Gasteiger charge is -2.07. The average molecular weight is 275 g/mol. The van der Waals surface area contributed by atoms with Crippen molar-refractivity contribution in [2.45, 2.75) is 20.1 Å². The first kappa shape index (κ1) is 14.2. The van der Waals surface area contributed by atoms with Gasteiger partial charge in [0.15, 0.2) is 5.69 Å². The van der Waals surface area contributed by atoms with Gasteiger partial charge in [-0.15, -0.1) is 5.10 Å². The zero-order valence-electron chi connectivity index (χ0n) is 11.8. The summed E-state index contributed by atoms with van der Waals surface area (Å²) in [5.41, 5.74) is 3.08. The summed E-state index contributed by atoms with van der Waals surface area (Å²) in [6.45, 7) is 2.82. The Kier molecular flexibility index (Phi) is 4.47. The number of carbonyl (C=O) groups is 1. The maximum atomic E-state index is 11.6. The van der Waals surface area contributed by atoms with Crippen molar-refractivity contribution in [3.8, 4) is 0 Å². The number of benzene rings is 1. The second-order valence-electron chi connectivity index (χ2n) is 4.45. The minimum absolute atomic E-state index is 0.196. The highest BCUT2D eigenvalue weighted by molar-refractivity contribution is 5.88. The van der Waals surface area contributed by atoms with Gasteiger partial charge in [0.05, 0.1) is 26.0 Å². The fraction of sp³-hybridized carbons (Fsp3) is 0.357. The highest BCUT2D eigenvalue weighted by Gasteiger charge is 2.20. The minimum Gasteiger partial charge on any atom is -0.464 e. The number of ether oxygens (including phenoxy) is 2. The van der Waals surface area contributed by atoms with Crippen LogP contribution in [0.3, 0.4) is 0 Å². The smallest absolute Gasteiger partial charge is 0.360 e. The Hall–Kier alpha value is -2.21. The van der Waals surface area contributed by atoms with Gasteiger partial charge in [-0.2, -0.15) is 0 Å². The van der Waals surface area contributed by atoms with Crippen molar-refractivity contribution in [3.05, 3.63) is 46.8 Å². The number of methoxy groups -OCH3 is 2. The van der Waals surface area contributed by atoms with Crippen molar-refractivity contribution in [2.75, 3.05) is 14.2 Å². The molecule has 106 valence electrons. The average Bonchev–Trinajstić information content (AvgIpc) is 2.84. The van der Waals surface area contributed by atoms with Gasteiger partial charge in [0.2, 0.25) is 0 Å². The van der Waals surface area contributed by atoms with Crippen molar-refractivity contribution in [3.63, 3.8) is 0 Å². The van der Waals surface area contributed by atoms with Gasteiger partial charge in [0, 0.05) is 7.11 Å². The molecule has 1 heterocycles. The monoisotopic (exact) mass is 275 g/mol. The Morgan fingerprint density at radius 2 is 1.95 bits per heavy atom. The zero-order chi connectivity index (χ0) is 14.5. The highest BCUT2D eigenvalue weighted by atomic mass is 16.5. The highest BCUT2D eigenvalue weighted by Crippen LogP contribution is 2.12. The summed E-state index contributed by atoms with van der Waals surface area (Å²) >= 11 is 0. The number of aryl methyl sites for hydroxylation is 1. The predicted octanol–water partition coefficient (Wildman–Crippen LogP) is 1.57. The second-order valence-corrected chi connectivity index (χ2v) is 4.45. The lowest BCUT2D eigenvalue weighted by Crippen LogP contribution is -2.11. The summed E-state index contributed by atoms with van der Waals surface area (Å²) in [6.07, 6.45) is 0. The van der Waals surface area contributed by atoms with Crippen LogP contribution < -0.4 is 0 Å². The van der Waals surface area contributed by atoms with Gasteiger partial charge in [-0.05, 0) is 12.5 Å². The van der Waals surface area contributed by atoms with E-state index in [1.807, 2.05) is 31.2 Å². The molecule has 0 radical (unpaired) electrons. The number of rotatable bonds is 5. The first-order valence-corrected chi connectivity index (χ1v) is 6.21. The molecule has 0 fully saturated rings. The van der Waals surface area contributed by atoms with Crippen LogP contribution in [0.15, 0.2) is 24.3 Å². The number of aromatic nitrogens is 3. The van der Waals surface area contributed by atoms with Crippen LogP contribution in [0.5, 0.6) is 0 Å². The normalized spacial score (nSPS) is 10.6. The van der Waals surface area contributed by atoms with Crippen LogP contribution in [0.1, 0.15) is 27.3 Å². The zero-order valence-corrected chi connectivity index (χ0v) is 11.8. The third kappa shape index (κ3) is 3.03. The summed E-state index contributed by atoms with van der Waals surface area (Å²) in [7, 11) is 2.88. The molecule has 6 heteroatoms. The molecule has 20 heavy (non-hydrogen) atoms. The summed E-state index contributed by atoms with van der Waals surface area (Å²) in [6, 6.07) is 8.10. The van der Waals surface area contributed by atoms with E-state index in [1.165, 1.54) is 12.7 Å². The Morgan fingerprint density at radius 1 is 1.25 bits per heavy atom. The van der Waals surface area contributed by atoms with Crippen LogP contribution in [-0.4, -0.2) is 35.2 Å². The number of hydrogen-bond acceptors (Lipinski definition) is 5. The Bertz CT molecular complexity index is 590. The predicted molar refractivity (Wildman–Crippen MR) is 72.4 cm³/mol. The Morgan fingerprint density at radius 3 is 2.55 bits per heavy atom. The first-order valence-electron chi connectivity index (χ1n) is 6.21. The molecule has 6 nitrogen and oxygen atoms in total. The summed E-state index contributed by atoms with van der Waals surface area (Å²) in [4.78, 5) is 11.6. The van der Waals surface area contributed by atoms with E-state index in [0.717, 1.165) is 5.56 Å². The van der Waals surface area contributed by atoms with Crippen molar-refractivity contribution in [1.82, 2.24) is 15.0 Å². The maximum absolute atomic E-state index is 11.6. The summed E-state index contributed by atoms with van der Waals surface area (Å²) in [5.74, 6) is -0.507. The maximum Gasteiger partial charge on any atom is 0.360 e. The fourth-order valence-electron chi connectivity index (χ4n) is 1.86. The van der Waals surface area contributed by atoms with E-state index < -0.39 is 5.97 Å². The van der Waals surface area contributed by atoms with Crippen molar-refractivity contribution in [1.29, 1.82) is 0 Å². The molecule has 0 N–H and O–H groups in total. The molecule has 0 saturated carbocycles. The van der Waals surface area contributed by atoms with Crippen LogP contribution in [0.2, 0.25) is 0 Å². The molecule has 0 unspecified atom stereocenters. The van der Waals surface area contributed by atoms with Crippen LogP contribution in [0, 0.1) is 6.92 Å². The van der Waals surface area contributed by atoms with Crippen LogP contribution in [0.4, 0.5) is 0 Å². The molecule has 1 aromatic heterocycles. The number of esters is 1. The third-order valence-electron chi connectivity index (χ3n) is 2.95. The second kappa shape index (κ2) is 6.29. The van der Waals surface area contributed by atoms with Crippen molar-refractivity contribution >= 4 is 5.97 Å². The minimum atomic E-state index is -0.507. The molecule has 0 atom stereocenters. The van der Waals surface area contributed by atoms with Gasteiger partial charge in [-0.25, -0.2) is 9.48 Å². The lowest BCUT2D eigenvalue weighted by atomic mass is 10.1. The molecule has 0 aliphatic rings. The number of carbonyl (C=O) groups excluding carboxylic acids is 1. The van der Waals surface area contributed by atoms with Crippen molar-refractivity contribution < 1.29 is 14.3 Å². The van der Waals surface area contributed by atoms with E-state index in [0.29, 0.717) is 12.2 Å². The molecule has 0 spiro atoms. The van der Waals surface area contributed by atoms with Gasteiger partial charge in [-0.3, -0.25) is 0 Å². The van der Waals surface area contributed by atoms with Gasteiger partial charge in [-0.1, -0.05) is 35.0 Å². The topological polar surface area (TPSA) is 66.2 Å². The van der Waals surface area contributed by atoms with Gasteiger partial charge < -0.3 is 9.47 Å². The lowest BCUT2D eigenvalue weighted by molar-refractivity contribution is 0.0588. The number of nitrogens with zero attached hydrogens (tertiary/aromatic N) is 3. The Labute approximate surface area is 117 Å². The SMILES string of the molecule is COCc1c(C(=O)OC)nnn1Cc1ccc(C)cc1. The molecule has 0 bridgehead atoms. The molecule has 0 amide bonds. The van der Waals surface area contributed by atoms with Crippen LogP contribution in [-0.2, 0) is 22.6 Å². The van der Waals surface area contributed by atoms with Gasteiger partial charge >= 0.3 is 5.97 Å². The molecule has 2 rings (SSSR count). The molecule has 0 aliphatic carbocycles. The van der Waals surface area contributed by atoms with E-state index in [2.05, 4.69) is 10.3 Å². The van der Waals surface area contributed by atoms with Gasteiger partial charge in [0.25, 0.3) is 0 Å². The summed E-state index contributed by atoms with van der Waals surface area (Å²) < 4.78 is 11.5. The molecule has 2 aromatic rings. The standard InChI is InChI=1S/C14H17N3O3/c1-10-4-6-11(7-5-10)8-17-12(9-19-2)13(15-16-17)14(18)20-3/h4-7H,8-9H2,1-3H3. The summed E-state index contributed by atoms with van der Waals surface area (Å²) in [5, 5.41) is 7.88. The van der Waals surface area contributed by atoms with Crippen LogP contribution in [0.25, 0.3) is 0 Å². The Balaban J connectivity index is 2.29. The first-order chi connectivity index (χ1) is 9.65. The molecule has 1 aromatic carbocycles. The van der Waals surface area contributed by atoms with E-state index >= 15 is 0 Å².